The molecule has 2 unspecified atom stereocenters. The summed E-state index contributed by atoms with van der Waals surface area (Å²) in [6.07, 6.45) is 7.46. The van der Waals surface area contributed by atoms with Gasteiger partial charge in [-0.15, -0.1) is 0 Å². The number of para-hydroxylation sites is 1. The van der Waals surface area contributed by atoms with E-state index in [1.54, 1.807) is 0 Å². The van der Waals surface area contributed by atoms with Crippen LogP contribution in [0.4, 0.5) is 11.4 Å². The van der Waals surface area contributed by atoms with E-state index in [9.17, 15) is 0 Å². The predicted octanol–water partition coefficient (Wildman–Crippen LogP) is 13.7. The van der Waals surface area contributed by atoms with Gasteiger partial charge in [0.05, 0.1) is 0 Å². The third-order valence-electron chi connectivity index (χ3n) is 11.6. The second-order valence-corrected chi connectivity index (χ2v) is 15.4. The molecule has 60 heavy (non-hydrogen) atoms. The fourth-order valence-corrected chi connectivity index (χ4v) is 8.64. The summed E-state index contributed by atoms with van der Waals surface area (Å²) in [6.45, 7) is 0. The van der Waals surface area contributed by atoms with Gasteiger partial charge in [-0.1, -0.05) is 164 Å². The molecule has 0 fully saturated rings. The predicted molar refractivity (Wildman–Crippen MR) is 248 cm³/mol. The van der Waals surface area contributed by atoms with E-state index < -0.39 is 0 Å². The third-order valence-corrected chi connectivity index (χ3v) is 11.6. The summed E-state index contributed by atoms with van der Waals surface area (Å²) in [5.41, 5.74) is 11.7. The molecule has 0 saturated heterocycles. The fourth-order valence-electron chi connectivity index (χ4n) is 8.64. The summed E-state index contributed by atoms with van der Waals surface area (Å²) in [5, 5.41) is 8.10. The Bertz CT molecular complexity index is 3130. The van der Waals surface area contributed by atoms with Gasteiger partial charge in [0.2, 0.25) is 0 Å². The number of furan rings is 1. The van der Waals surface area contributed by atoms with Crippen LogP contribution in [0.5, 0.6) is 0 Å². The maximum absolute atomic E-state index is 6.91. The normalized spacial score (nSPS) is 16.3. The summed E-state index contributed by atoms with van der Waals surface area (Å²) < 4.78 is 6.91. The van der Waals surface area contributed by atoms with Gasteiger partial charge in [-0.2, -0.15) is 0 Å². The van der Waals surface area contributed by atoms with Crippen molar-refractivity contribution in [2.75, 3.05) is 4.90 Å². The van der Waals surface area contributed by atoms with Crippen LogP contribution in [-0.4, -0.2) is 11.7 Å². The van der Waals surface area contributed by atoms with E-state index >= 15 is 0 Å². The monoisotopic (exact) mass is 772 g/mol. The average Bonchev–Trinajstić information content (AvgIpc) is 3.72. The van der Waals surface area contributed by atoms with Gasteiger partial charge in [0.15, 0.2) is 5.84 Å². The molecule has 2 heterocycles. The molecule has 5 nitrogen and oxygen atoms in total. The van der Waals surface area contributed by atoms with Crippen molar-refractivity contribution in [1.82, 2.24) is 5.32 Å². The third kappa shape index (κ3) is 6.56. The topological polar surface area (TPSA) is 53.1 Å². The number of rotatable bonds is 8. The number of allylic oxidation sites excluding steroid dienone is 3. The van der Waals surface area contributed by atoms with Gasteiger partial charge in [0.25, 0.3) is 0 Å². The number of nitrogens with zero attached hydrogens (tertiary/aromatic N) is 3. The maximum atomic E-state index is 6.91. The summed E-state index contributed by atoms with van der Waals surface area (Å²) in [5.74, 6) is 1.57. The Kier molecular flexibility index (Phi) is 8.97. The van der Waals surface area contributed by atoms with E-state index in [0.717, 1.165) is 84.3 Å². The van der Waals surface area contributed by atoms with E-state index in [0.29, 0.717) is 5.84 Å². The van der Waals surface area contributed by atoms with Crippen LogP contribution in [0.3, 0.4) is 0 Å². The van der Waals surface area contributed by atoms with Gasteiger partial charge < -0.3 is 14.6 Å². The number of hydrogen-bond acceptors (Lipinski definition) is 5. The molecule has 0 spiro atoms. The van der Waals surface area contributed by atoms with Crippen molar-refractivity contribution in [3.05, 3.63) is 240 Å². The highest BCUT2D eigenvalue weighted by Gasteiger charge is 2.27. The zero-order chi connectivity index (χ0) is 39.8. The zero-order valence-corrected chi connectivity index (χ0v) is 32.8. The van der Waals surface area contributed by atoms with Gasteiger partial charge in [-0.3, -0.25) is 0 Å². The van der Waals surface area contributed by atoms with E-state index in [-0.39, 0.29) is 12.1 Å². The molecule has 11 rings (SSSR count). The van der Waals surface area contributed by atoms with Gasteiger partial charge in [0, 0.05) is 50.3 Å². The lowest BCUT2D eigenvalue weighted by Crippen LogP contribution is -2.33. The lowest BCUT2D eigenvalue weighted by atomic mass is 9.88. The molecule has 0 radical (unpaired) electrons. The highest BCUT2D eigenvalue weighted by Crippen LogP contribution is 2.41. The number of fused-ring (bicyclic) bond motifs is 5. The standard InChI is InChI=1S/C55H40N4O/c1-5-15-37(16-6-1)38-25-30-45(31-26-38)59(44-22-11-4-12-23-44)46-32-27-39(28-33-46)43-35-49(51-48-34-29-40-17-13-14-24-47(40)52(48)60-50(51)36-43)55-57-53(41-18-7-2-8-19-41)56-54(58-55)42-20-9-3-10-21-42/h1-27,29-36,39,53H,28H2,(H,56,57,58). The average molecular weight is 773 g/mol. The summed E-state index contributed by atoms with van der Waals surface area (Å²) >= 11 is 0. The number of nitrogens with one attached hydrogen (secondary N) is 1. The molecule has 286 valence electrons. The van der Waals surface area contributed by atoms with Gasteiger partial charge >= 0.3 is 0 Å². The van der Waals surface area contributed by atoms with Crippen LogP contribution in [0.25, 0.3) is 43.8 Å². The molecule has 1 aromatic heterocycles. The van der Waals surface area contributed by atoms with Crippen LogP contribution < -0.4 is 10.2 Å². The molecule has 1 aliphatic heterocycles. The largest absolute Gasteiger partial charge is 0.455 e. The minimum atomic E-state index is -0.322. The zero-order valence-electron chi connectivity index (χ0n) is 32.8. The second kappa shape index (κ2) is 15.2. The molecular weight excluding hydrogens is 733 g/mol. The van der Waals surface area contributed by atoms with Gasteiger partial charge in [0.1, 0.15) is 23.2 Å². The molecule has 1 N–H and O–H groups in total. The highest BCUT2D eigenvalue weighted by atomic mass is 16.3. The smallest absolute Gasteiger partial charge is 0.159 e. The molecule has 0 amide bonds. The lowest BCUT2D eigenvalue weighted by Gasteiger charge is -2.29. The minimum Gasteiger partial charge on any atom is -0.455 e. The van der Waals surface area contributed by atoms with E-state index in [1.807, 2.05) is 24.3 Å². The molecule has 0 saturated carbocycles. The van der Waals surface area contributed by atoms with E-state index in [1.165, 1.54) is 11.1 Å². The summed E-state index contributed by atoms with van der Waals surface area (Å²) in [7, 11) is 0. The van der Waals surface area contributed by atoms with Crippen molar-refractivity contribution in [2.24, 2.45) is 9.98 Å². The quantitative estimate of drug-likeness (QED) is 0.167. The number of aliphatic imine (C=N–C) groups is 2. The van der Waals surface area contributed by atoms with E-state index in [4.69, 9.17) is 14.4 Å². The van der Waals surface area contributed by atoms with Crippen LogP contribution in [0.2, 0.25) is 0 Å². The van der Waals surface area contributed by atoms with Crippen LogP contribution in [0.15, 0.2) is 232 Å². The Labute approximate surface area is 349 Å². The molecule has 5 heteroatoms. The summed E-state index contributed by atoms with van der Waals surface area (Å²) in [6, 6.07) is 68.0. The first-order valence-corrected chi connectivity index (χ1v) is 20.5. The van der Waals surface area contributed by atoms with Crippen molar-refractivity contribution in [2.45, 2.75) is 18.5 Å². The number of amidine groups is 2. The van der Waals surface area contributed by atoms with E-state index in [2.05, 4.69) is 198 Å². The molecule has 2 aliphatic rings. The Balaban J connectivity index is 1.02. The Hall–Kier alpha value is -7.76. The van der Waals surface area contributed by atoms with Crippen molar-refractivity contribution in [3.8, 4) is 11.1 Å². The maximum Gasteiger partial charge on any atom is 0.159 e. The lowest BCUT2D eigenvalue weighted by molar-refractivity contribution is 0.669. The van der Waals surface area contributed by atoms with Crippen molar-refractivity contribution < 1.29 is 4.42 Å². The molecule has 0 bridgehead atoms. The van der Waals surface area contributed by atoms with Gasteiger partial charge in [-0.05, 0) is 82.6 Å². The van der Waals surface area contributed by atoms with Crippen molar-refractivity contribution in [3.63, 3.8) is 0 Å². The molecule has 1 aliphatic carbocycles. The molecule has 9 aromatic rings. The number of benzene rings is 8. The van der Waals surface area contributed by atoms with Crippen LogP contribution in [0, 0.1) is 0 Å². The fraction of sp³-hybridized carbons (Fsp3) is 0.0545. The molecular formula is C55H40N4O. The first-order valence-electron chi connectivity index (χ1n) is 20.5. The molecule has 2 atom stereocenters. The highest BCUT2D eigenvalue weighted by molar-refractivity contribution is 6.24. The molecule has 8 aromatic carbocycles. The Morgan fingerprint density at radius 3 is 1.95 bits per heavy atom. The van der Waals surface area contributed by atoms with Crippen LogP contribution in [-0.2, 0) is 0 Å². The second-order valence-electron chi connectivity index (χ2n) is 15.4. The minimum absolute atomic E-state index is 0.108. The Morgan fingerprint density at radius 1 is 0.567 bits per heavy atom. The van der Waals surface area contributed by atoms with Crippen LogP contribution >= 0.6 is 0 Å². The van der Waals surface area contributed by atoms with Crippen LogP contribution in [0.1, 0.15) is 40.8 Å². The first kappa shape index (κ1) is 35.4. The first-order chi connectivity index (χ1) is 29.7. The van der Waals surface area contributed by atoms with Crippen molar-refractivity contribution >= 4 is 55.8 Å². The van der Waals surface area contributed by atoms with Gasteiger partial charge in [-0.25, -0.2) is 9.98 Å². The number of hydrogen-bond donors (Lipinski definition) is 1. The Morgan fingerprint density at radius 2 is 1.22 bits per heavy atom. The summed E-state index contributed by atoms with van der Waals surface area (Å²) in [4.78, 5) is 12.8. The van der Waals surface area contributed by atoms with Crippen molar-refractivity contribution in [1.29, 1.82) is 0 Å². The number of anilines is 2. The SMILES string of the molecule is C1=CC(c2cc(C3=NC(c4ccccc4)=NC(c4ccccc4)N3)c3c(c2)oc2c4ccccc4ccc23)CC=C1N(c1ccccc1)c1ccc(-c2ccccc2)cc1.